The maximum Gasteiger partial charge on any atom is 0.252 e. The fourth-order valence-electron chi connectivity index (χ4n) is 4.11. The third-order valence-electron chi connectivity index (χ3n) is 5.52. The van der Waals surface area contributed by atoms with Crippen LogP contribution in [0.2, 0.25) is 0 Å². The zero-order chi connectivity index (χ0) is 18.1. The highest BCUT2D eigenvalue weighted by molar-refractivity contribution is 5.93. The maximum absolute atomic E-state index is 12.7. The highest BCUT2D eigenvalue weighted by Crippen LogP contribution is 2.30. The van der Waals surface area contributed by atoms with Crippen LogP contribution >= 0.6 is 0 Å². The summed E-state index contributed by atoms with van der Waals surface area (Å²) in [7, 11) is 0. The molecular formula is C19H23N5O2. The third kappa shape index (κ3) is 3.09. The minimum atomic E-state index is -0.444. The van der Waals surface area contributed by atoms with Crippen molar-refractivity contribution < 1.29 is 9.59 Å². The molecule has 3 heterocycles. The number of nitrogens with two attached hydrogens (primary N) is 1. The molecule has 26 heavy (non-hydrogen) atoms. The van der Waals surface area contributed by atoms with Crippen molar-refractivity contribution >= 4 is 11.8 Å². The molecule has 0 spiro atoms. The lowest BCUT2D eigenvalue weighted by molar-refractivity contribution is -0.123. The number of nitrogens with zero attached hydrogens (tertiary/aromatic N) is 3. The molecule has 0 fully saturated rings. The summed E-state index contributed by atoms with van der Waals surface area (Å²) >= 11 is 0. The predicted molar refractivity (Wildman–Crippen MR) is 95.5 cm³/mol. The zero-order valence-corrected chi connectivity index (χ0v) is 14.6. The van der Waals surface area contributed by atoms with Crippen molar-refractivity contribution in [2.45, 2.75) is 44.6 Å². The van der Waals surface area contributed by atoms with Gasteiger partial charge in [-0.05, 0) is 49.7 Å². The Kier molecular flexibility index (Phi) is 4.44. The van der Waals surface area contributed by atoms with Crippen molar-refractivity contribution in [2.24, 2.45) is 11.7 Å². The molecule has 1 aliphatic heterocycles. The van der Waals surface area contributed by atoms with E-state index in [4.69, 9.17) is 5.73 Å². The molecule has 4 rings (SSSR count). The first-order chi connectivity index (χ1) is 12.6. The van der Waals surface area contributed by atoms with Crippen LogP contribution < -0.4 is 11.1 Å². The van der Waals surface area contributed by atoms with Crippen molar-refractivity contribution in [3.63, 3.8) is 0 Å². The van der Waals surface area contributed by atoms with E-state index in [0.717, 1.165) is 43.6 Å². The quantitative estimate of drug-likeness (QED) is 0.861. The number of aryl methyl sites for hydroxylation is 2. The topological polar surface area (TPSA) is 103 Å². The SMILES string of the molecule is NC(=O)c1cnn2c1CC(CNC(=O)C1CCCc3cccnc31)CC2. The van der Waals surface area contributed by atoms with Gasteiger partial charge < -0.3 is 11.1 Å². The van der Waals surface area contributed by atoms with Crippen LogP contribution in [0.3, 0.4) is 0 Å². The Bertz CT molecular complexity index is 844. The van der Waals surface area contributed by atoms with E-state index in [9.17, 15) is 9.59 Å². The average Bonchev–Trinajstić information content (AvgIpc) is 3.09. The monoisotopic (exact) mass is 353 g/mol. The zero-order valence-electron chi connectivity index (χ0n) is 14.6. The summed E-state index contributed by atoms with van der Waals surface area (Å²) in [6, 6.07) is 4.00. The largest absolute Gasteiger partial charge is 0.365 e. The molecule has 2 unspecified atom stereocenters. The van der Waals surface area contributed by atoms with Gasteiger partial charge in [0.2, 0.25) is 5.91 Å². The van der Waals surface area contributed by atoms with E-state index in [-0.39, 0.29) is 17.7 Å². The molecule has 3 N–H and O–H groups in total. The normalized spacial score (nSPS) is 21.5. The standard InChI is InChI=1S/C19H23N5O2/c20-18(25)15-11-23-24-8-6-12(9-16(15)24)10-22-19(26)14-5-1-3-13-4-2-7-21-17(13)14/h2,4,7,11-12,14H,1,3,5-6,8-10H2,(H2,20,25)(H,22,26). The molecule has 2 aromatic heterocycles. The van der Waals surface area contributed by atoms with Crippen LogP contribution in [0.5, 0.6) is 0 Å². The molecule has 2 aromatic rings. The number of aromatic nitrogens is 3. The third-order valence-corrected chi connectivity index (χ3v) is 5.52. The van der Waals surface area contributed by atoms with Crippen LogP contribution in [0.15, 0.2) is 24.5 Å². The van der Waals surface area contributed by atoms with Crippen LogP contribution in [-0.4, -0.2) is 33.1 Å². The first-order valence-corrected chi connectivity index (χ1v) is 9.19. The fraction of sp³-hybridized carbons (Fsp3) is 0.474. The van der Waals surface area contributed by atoms with Crippen molar-refractivity contribution in [2.75, 3.05) is 6.54 Å². The Labute approximate surface area is 152 Å². The highest BCUT2D eigenvalue weighted by atomic mass is 16.2. The highest BCUT2D eigenvalue weighted by Gasteiger charge is 2.29. The molecule has 0 radical (unpaired) electrons. The van der Waals surface area contributed by atoms with E-state index >= 15 is 0 Å². The van der Waals surface area contributed by atoms with Gasteiger partial charge in [0.15, 0.2) is 0 Å². The summed E-state index contributed by atoms with van der Waals surface area (Å²) in [5, 5.41) is 7.34. The van der Waals surface area contributed by atoms with E-state index < -0.39 is 5.91 Å². The van der Waals surface area contributed by atoms with Crippen LogP contribution in [0.4, 0.5) is 0 Å². The van der Waals surface area contributed by atoms with Gasteiger partial charge in [-0.2, -0.15) is 5.10 Å². The molecule has 0 saturated carbocycles. The number of fused-ring (bicyclic) bond motifs is 2. The fourth-order valence-corrected chi connectivity index (χ4v) is 4.11. The van der Waals surface area contributed by atoms with Gasteiger partial charge in [0.05, 0.1) is 29.1 Å². The van der Waals surface area contributed by atoms with E-state index in [1.807, 2.05) is 10.7 Å². The van der Waals surface area contributed by atoms with Gasteiger partial charge >= 0.3 is 0 Å². The lowest BCUT2D eigenvalue weighted by Gasteiger charge is -2.27. The second-order valence-electron chi connectivity index (χ2n) is 7.19. The number of hydrogen-bond donors (Lipinski definition) is 2. The molecular weight excluding hydrogens is 330 g/mol. The lowest BCUT2D eigenvalue weighted by Crippen LogP contribution is -2.37. The van der Waals surface area contributed by atoms with Gasteiger partial charge in [-0.15, -0.1) is 0 Å². The number of nitrogens with one attached hydrogen (secondary N) is 1. The van der Waals surface area contributed by atoms with Crippen LogP contribution in [0, 0.1) is 5.92 Å². The molecule has 7 nitrogen and oxygen atoms in total. The summed E-state index contributed by atoms with van der Waals surface area (Å²) in [5.41, 5.74) is 8.91. The smallest absolute Gasteiger partial charge is 0.252 e. The van der Waals surface area contributed by atoms with Crippen LogP contribution in [-0.2, 0) is 24.2 Å². The van der Waals surface area contributed by atoms with Gasteiger partial charge in [0, 0.05) is 19.3 Å². The van der Waals surface area contributed by atoms with E-state index in [2.05, 4.69) is 21.5 Å². The van der Waals surface area contributed by atoms with E-state index in [1.54, 1.807) is 12.4 Å². The van der Waals surface area contributed by atoms with Crippen molar-refractivity contribution in [3.8, 4) is 0 Å². The Morgan fingerprint density at radius 2 is 2.23 bits per heavy atom. The van der Waals surface area contributed by atoms with Crippen molar-refractivity contribution in [1.82, 2.24) is 20.1 Å². The predicted octanol–water partition coefficient (Wildman–Crippen LogP) is 1.18. The Morgan fingerprint density at radius 3 is 3.08 bits per heavy atom. The minimum Gasteiger partial charge on any atom is -0.365 e. The van der Waals surface area contributed by atoms with Gasteiger partial charge in [0.25, 0.3) is 5.91 Å². The molecule has 0 saturated heterocycles. The van der Waals surface area contributed by atoms with Gasteiger partial charge in [0.1, 0.15) is 0 Å². The first kappa shape index (κ1) is 16.8. The van der Waals surface area contributed by atoms with E-state index in [1.165, 1.54) is 5.56 Å². The number of carbonyl (C=O) groups is 2. The molecule has 0 aromatic carbocycles. The average molecular weight is 353 g/mol. The Morgan fingerprint density at radius 1 is 1.35 bits per heavy atom. The molecule has 2 aliphatic rings. The van der Waals surface area contributed by atoms with Crippen molar-refractivity contribution in [3.05, 3.63) is 47.0 Å². The molecule has 1 aliphatic carbocycles. The Balaban J connectivity index is 1.40. The summed E-state index contributed by atoms with van der Waals surface area (Å²) in [5.74, 6) is -0.261. The summed E-state index contributed by atoms with van der Waals surface area (Å²) in [6.45, 7) is 1.35. The molecule has 7 heteroatoms. The Hall–Kier alpha value is -2.70. The maximum atomic E-state index is 12.7. The van der Waals surface area contributed by atoms with Crippen molar-refractivity contribution in [1.29, 1.82) is 0 Å². The lowest BCUT2D eigenvalue weighted by atomic mass is 9.86. The van der Waals surface area contributed by atoms with Gasteiger partial charge in [-0.25, -0.2) is 0 Å². The molecule has 2 atom stereocenters. The number of pyridine rings is 1. The van der Waals surface area contributed by atoms with E-state index in [0.29, 0.717) is 18.5 Å². The minimum absolute atomic E-state index is 0.0545. The van der Waals surface area contributed by atoms with Crippen LogP contribution in [0.25, 0.3) is 0 Å². The number of rotatable bonds is 4. The first-order valence-electron chi connectivity index (χ1n) is 9.19. The van der Waals surface area contributed by atoms with Crippen LogP contribution in [0.1, 0.15) is 52.5 Å². The number of amides is 2. The summed E-state index contributed by atoms with van der Waals surface area (Å²) in [4.78, 5) is 28.7. The molecule has 136 valence electrons. The number of hydrogen-bond acceptors (Lipinski definition) is 4. The van der Waals surface area contributed by atoms with Gasteiger partial charge in [-0.3, -0.25) is 19.3 Å². The van der Waals surface area contributed by atoms with Gasteiger partial charge in [-0.1, -0.05) is 6.07 Å². The second kappa shape index (κ2) is 6.90. The molecule has 2 amide bonds. The summed E-state index contributed by atoms with van der Waals surface area (Å²) in [6.07, 6.45) is 7.79. The number of primary amides is 1. The molecule has 0 bridgehead atoms. The summed E-state index contributed by atoms with van der Waals surface area (Å²) < 4.78 is 1.85. The number of carbonyl (C=O) groups excluding carboxylic acids is 2. The second-order valence-corrected chi connectivity index (χ2v) is 7.19.